The van der Waals surface area contributed by atoms with Crippen LogP contribution in [0.2, 0.25) is 0 Å². The first kappa shape index (κ1) is 14.3. The SMILES string of the molecule is Nc1nc(N)nc(-c2ccccc2)n1.Oc1ccccc1. The Bertz CT molecular complexity index is 669. The van der Waals surface area contributed by atoms with Crippen molar-refractivity contribution in [3.63, 3.8) is 0 Å². The third kappa shape index (κ3) is 4.46. The summed E-state index contributed by atoms with van der Waals surface area (Å²) in [6.45, 7) is 0. The molecule has 0 amide bonds. The summed E-state index contributed by atoms with van der Waals surface area (Å²) < 4.78 is 0. The molecule has 0 atom stereocenters. The van der Waals surface area contributed by atoms with Crippen LogP contribution in [0, 0.1) is 0 Å². The summed E-state index contributed by atoms with van der Waals surface area (Å²) in [7, 11) is 0. The van der Waals surface area contributed by atoms with Crippen LogP contribution in [0.25, 0.3) is 11.4 Å². The van der Waals surface area contributed by atoms with E-state index in [2.05, 4.69) is 15.0 Å². The van der Waals surface area contributed by atoms with Gasteiger partial charge in [-0.3, -0.25) is 0 Å². The number of nitrogen functional groups attached to an aromatic ring is 2. The molecule has 0 saturated heterocycles. The van der Waals surface area contributed by atoms with Crippen molar-refractivity contribution >= 4 is 11.9 Å². The van der Waals surface area contributed by atoms with E-state index in [1.807, 2.05) is 36.4 Å². The predicted octanol–water partition coefficient (Wildman–Crippen LogP) is 2.10. The van der Waals surface area contributed by atoms with Gasteiger partial charge in [0.25, 0.3) is 0 Å². The third-order valence-electron chi connectivity index (χ3n) is 2.46. The molecule has 0 aliphatic carbocycles. The molecule has 0 aliphatic heterocycles. The minimum atomic E-state index is 0.136. The number of nitrogens with two attached hydrogens (primary N) is 2. The van der Waals surface area contributed by atoms with Gasteiger partial charge in [0.1, 0.15) is 5.75 Å². The number of hydrogen-bond acceptors (Lipinski definition) is 6. The molecule has 6 nitrogen and oxygen atoms in total. The number of benzene rings is 2. The molecule has 21 heavy (non-hydrogen) atoms. The summed E-state index contributed by atoms with van der Waals surface area (Å²) >= 11 is 0. The van der Waals surface area contributed by atoms with E-state index in [9.17, 15) is 0 Å². The number of phenols is 1. The summed E-state index contributed by atoms with van der Waals surface area (Å²) in [4.78, 5) is 11.7. The fraction of sp³-hybridized carbons (Fsp3) is 0. The van der Waals surface area contributed by atoms with Gasteiger partial charge < -0.3 is 16.6 Å². The Morgan fingerprint density at radius 3 is 1.57 bits per heavy atom. The van der Waals surface area contributed by atoms with Crippen LogP contribution >= 0.6 is 0 Å². The van der Waals surface area contributed by atoms with Gasteiger partial charge in [-0.2, -0.15) is 15.0 Å². The van der Waals surface area contributed by atoms with Crippen molar-refractivity contribution in [2.45, 2.75) is 0 Å². The molecule has 0 radical (unpaired) electrons. The molecule has 0 aliphatic rings. The van der Waals surface area contributed by atoms with Crippen LogP contribution in [-0.4, -0.2) is 20.1 Å². The minimum absolute atomic E-state index is 0.136. The Labute approximate surface area is 122 Å². The molecule has 1 heterocycles. The van der Waals surface area contributed by atoms with E-state index in [0.29, 0.717) is 11.6 Å². The standard InChI is InChI=1S/C9H9N5.C6H6O/c10-8-12-7(13-9(11)14-8)6-4-2-1-3-5-6;7-6-4-2-1-3-5-6/h1-5H,(H4,10,11,12,13,14);1-5,7H. The first-order valence-corrected chi connectivity index (χ1v) is 6.21. The highest BCUT2D eigenvalue weighted by molar-refractivity contribution is 5.56. The Morgan fingerprint density at radius 1 is 0.667 bits per heavy atom. The van der Waals surface area contributed by atoms with Crippen LogP contribution in [0.5, 0.6) is 5.75 Å². The first-order valence-electron chi connectivity index (χ1n) is 6.21. The average molecular weight is 281 g/mol. The van der Waals surface area contributed by atoms with Crippen LogP contribution in [0.4, 0.5) is 11.9 Å². The highest BCUT2D eigenvalue weighted by Gasteiger charge is 2.03. The van der Waals surface area contributed by atoms with Crippen molar-refractivity contribution in [1.82, 2.24) is 15.0 Å². The molecule has 0 unspecified atom stereocenters. The molecular weight excluding hydrogens is 266 g/mol. The molecular formula is C15H15N5O. The Hall–Kier alpha value is -3.15. The molecule has 3 aromatic rings. The number of aromatic hydroxyl groups is 1. The number of rotatable bonds is 1. The van der Waals surface area contributed by atoms with Crippen molar-refractivity contribution in [3.05, 3.63) is 60.7 Å². The van der Waals surface area contributed by atoms with Crippen LogP contribution in [0.1, 0.15) is 0 Å². The van der Waals surface area contributed by atoms with E-state index in [4.69, 9.17) is 16.6 Å². The summed E-state index contributed by atoms with van der Waals surface area (Å²) in [6, 6.07) is 18.2. The molecule has 2 aromatic carbocycles. The van der Waals surface area contributed by atoms with E-state index in [1.165, 1.54) is 0 Å². The van der Waals surface area contributed by atoms with E-state index in [1.54, 1.807) is 24.3 Å². The quantitative estimate of drug-likeness (QED) is 0.630. The number of nitrogens with zero attached hydrogens (tertiary/aromatic N) is 3. The highest BCUT2D eigenvalue weighted by atomic mass is 16.3. The van der Waals surface area contributed by atoms with Crippen LogP contribution in [-0.2, 0) is 0 Å². The zero-order valence-corrected chi connectivity index (χ0v) is 11.2. The first-order chi connectivity index (χ1) is 10.1. The Balaban J connectivity index is 0.000000194. The van der Waals surface area contributed by atoms with Crippen molar-refractivity contribution in [2.24, 2.45) is 0 Å². The van der Waals surface area contributed by atoms with Gasteiger partial charge in [-0.05, 0) is 12.1 Å². The topological polar surface area (TPSA) is 111 Å². The molecule has 0 saturated carbocycles. The van der Waals surface area contributed by atoms with E-state index in [-0.39, 0.29) is 11.9 Å². The number of hydrogen-bond donors (Lipinski definition) is 3. The Kier molecular flexibility index (Phi) is 4.66. The number of para-hydroxylation sites is 1. The molecule has 106 valence electrons. The number of anilines is 2. The largest absolute Gasteiger partial charge is 0.508 e. The van der Waals surface area contributed by atoms with Crippen molar-refractivity contribution in [1.29, 1.82) is 0 Å². The second kappa shape index (κ2) is 6.85. The van der Waals surface area contributed by atoms with Gasteiger partial charge in [0.2, 0.25) is 11.9 Å². The zero-order valence-electron chi connectivity index (χ0n) is 11.2. The monoisotopic (exact) mass is 281 g/mol. The maximum absolute atomic E-state index is 8.63. The lowest BCUT2D eigenvalue weighted by Gasteiger charge is -2.00. The van der Waals surface area contributed by atoms with Gasteiger partial charge in [0.05, 0.1) is 0 Å². The smallest absolute Gasteiger partial charge is 0.225 e. The van der Waals surface area contributed by atoms with Gasteiger partial charge in [-0.1, -0.05) is 48.5 Å². The molecule has 0 fully saturated rings. The summed E-state index contributed by atoms with van der Waals surface area (Å²) in [5.41, 5.74) is 11.8. The molecule has 0 bridgehead atoms. The molecule has 0 spiro atoms. The van der Waals surface area contributed by atoms with Crippen molar-refractivity contribution in [2.75, 3.05) is 11.5 Å². The lowest BCUT2D eigenvalue weighted by molar-refractivity contribution is 0.475. The highest BCUT2D eigenvalue weighted by Crippen LogP contribution is 2.14. The maximum Gasteiger partial charge on any atom is 0.225 e. The summed E-state index contributed by atoms with van der Waals surface area (Å²) in [5.74, 6) is 1.09. The molecule has 5 N–H and O–H groups in total. The van der Waals surface area contributed by atoms with E-state index < -0.39 is 0 Å². The average Bonchev–Trinajstić information content (AvgIpc) is 2.49. The molecule has 1 aromatic heterocycles. The minimum Gasteiger partial charge on any atom is -0.508 e. The summed E-state index contributed by atoms with van der Waals surface area (Å²) in [6.07, 6.45) is 0. The second-order valence-electron chi connectivity index (χ2n) is 4.08. The number of aromatic nitrogens is 3. The van der Waals surface area contributed by atoms with Crippen molar-refractivity contribution < 1.29 is 5.11 Å². The van der Waals surface area contributed by atoms with Crippen molar-refractivity contribution in [3.8, 4) is 17.1 Å². The van der Waals surface area contributed by atoms with Gasteiger partial charge in [-0.15, -0.1) is 0 Å². The van der Waals surface area contributed by atoms with Crippen LogP contribution in [0.15, 0.2) is 60.7 Å². The van der Waals surface area contributed by atoms with Gasteiger partial charge in [0, 0.05) is 5.56 Å². The van der Waals surface area contributed by atoms with E-state index >= 15 is 0 Å². The van der Waals surface area contributed by atoms with Crippen LogP contribution in [0.3, 0.4) is 0 Å². The lowest BCUT2D eigenvalue weighted by Crippen LogP contribution is -2.04. The summed E-state index contributed by atoms with van der Waals surface area (Å²) in [5, 5.41) is 8.63. The van der Waals surface area contributed by atoms with E-state index in [0.717, 1.165) is 5.56 Å². The number of phenolic OH excluding ortho intramolecular Hbond substituents is 1. The second-order valence-corrected chi connectivity index (χ2v) is 4.08. The maximum atomic E-state index is 8.63. The zero-order chi connectivity index (χ0) is 15.1. The Morgan fingerprint density at radius 2 is 1.14 bits per heavy atom. The van der Waals surface area contributed by atoms with Crippen LogP contribution < -0.4 is 11.5 Å². The molecule has 3 rings (SSSR count). The lowest BCUT2D eigenvalue weighted by atomic mass is 10.2. The predicted molar refractivity (Wildman–Crippen MR) is 82.2 cm³/mol. The van der Waals surface area contributed by atoms with Gasteiger partial charge in [0.15, 0.2) is 5.82 Å². The fourth-order valence-corrected chi connectivity index (χ4v) is 1.55. The normalized spacial score (nSPS) is 9.52. The third-order valence-corrected chi connectivity index (χ3v) is 2.46. The molecule has 6 heteroatoms. The van der Waals surface area contributed by atoms with Gasteiger partial charge >= 0.3 is 0 Å². The van der Waals surface area contributed by atoms with Gasteiger partial charge in [-0.25, -0.2) is 0 Å². The fourth-order valence-electron chi connectivity index (χ4n) is 1.55.